The second-order valence-corrected chi connectivity index (χ2v) is 5.63. The lowest BCUT2D eigenvalue weighted by molar-refractivity contribution is -0.119. The van der Waals surface area contributed by atoms with E-state index in [-0.39, 0.29) is 11.4 Å². The summed E-state index contributed by atoms with van der Waals surface area (Å²) in [7, 11) is 1.23. The van der Waals surface area contributed by atoms with Crippen molar-refractivity contribution in [1.82, 2.24) is 4.98 Å². The lowest BCUT2D eigenvalue weighted by atomic mass is 9.90. The van der Waals surface area contributed by atoms with Crippen LogP contribution in [0.1, 0.15) is 36.8 Å². The van der Waals surface area contributed by atoms with Gasteiger partial charge in [0.25, 0.3) is 0 Å². The molecule has 1 rings (SSSR count). The summed E-state index contributed by atoms with van der Waals surface area (Å²) in [6.45, 7) is 4.25. The average Bonchev–Trinajstić information content (AvgIpc) is 2.24. The van der Waals surface area contributed by atoms with Crippen molar-refractivity contribution >= 4 is 11.8 Å². The molecule has 0 aliphatic heterocycles. The summed E-state index contributed by atoms with van der Waals surface area (Å²) in [5.74, 6) is -1.20. The Labute approximate surface area is 115 Å². The molecule has 0 unspecified atom stereocenters. The minimum Gasteiger partial charge on any atom is -0.478 e. The van der Waals surface area contributed by atoms with Crippen molar-refractivity contribution in [3.8, 4) is 0 Å². The number of halogens is 3. The Kier molecular flexibility index (Phi) is 4.31. The average molecular weight is 290 g/mol. The number of hydrogen-bond donors (Lipinski definition) is 1. The third-order valence-corrected chi connectivity index (χ3v) is 2.63. The number of rotatable bonds is 3. The standard InChI is InChI=1S/C13H17F3N2O2/c1-12(2,3)9-5-8(11(19)20)6-10(17-9)18(4)7-13(14,15)16/h5-6H,7H2,1-4H3,(H,19,20). The van der Waals surface area contributed by atoms with Gasteiger partial charge in [0.1, 0.15) is 12.4 Å². The quantitative estimate of drug-likeness (QED) is 0.929. The molecule has 1 N–H and O–H groups in total. The molecule has 0 amide bonds. The lowest BCUT2D eigenvalue weighted by Crippen LogP contribution is -2.32. The maximum Gasteiger partial charge on any atom is 0.405 e. The Morgan fingerprint density at radius 3 is 2.25 bits per heavy atom. The van der Waals surface area contributed by atoms with E-state index in [1.54, 1.807) is 0 Å². The Morgan fingerprint density at radius 2 is 1.85 bits per heavy atom. The molecule has 20 heavy (non-hydrogen) atoms. The number of aromatic carboxylic acids is 1. The van der Waals surface area contributed by atoms with Gasteiger partial charge in [-0.1, -0.05) is 20.8 Å². The van der Waals surface area contributed by atoms with Crippen molar-refractivity contribution in [1.29, 1.82) is 0 Å². The third-order valence-electron chi connectivity index (χ3n) is 2.63. The lowest BCUT2D eigenvalue weighted by Gasteiger charge is -2.24. The second-order valence-electron chi connectivity index (χ2n) is 5.63. The highest BCUT2D eigenvalue weighted by molar-refractivity contribution is 5.88. The number of anilines is 1. The number of alkyl halides is 3. The monoisotopic (exact) mass is 290 g/mol. The van der Waals surface area contributed by atoms with E-state index in [9.17, 15) is 18.0 Å². The van der Waals surface area contributed by atoms with Crippen LogP contribution in [0.2, 0.25) is 0 Å². The van der Waals surface area contributed by atoms with E-state index in [4.69, 9.17) is 5.11 Å². The Hall–Kier alpha value is -1.79. The van der Waals surface area contributed by atoms with Crippen LogP contribution in [-0.4, -0.2) is 35.8 Å². The summed E-state index contributed by atoms with van der Waals surface area (Å²) in [6.07, 6.45) is -4.38. The molecule has 0 saturated heterocycles. The second kappa shape index (κ2) is 5.30. The molecule has 0 aromatic carbocycles. The fourth-order valence-electron chi connectivity index (χ4n) is 1.57. The summed E-state index contributed by atoms with van der Waals surface area (Å²) < 4.78 is 37.2. The van der Waals surface area contributed by atoms with Gasteiger partial charge >= 0.3 is 12.1 Å². The normalized spacial score (nSPS) is 12.3. The zero-order valence-corrected chi connectivity index (χ0v) is 11.7. The zero-order chi connectivity index (χ0) is 15.7. The van der Waals surface area contributed by atoms with Gasteiger partial charge < -0.3 is 10.0 Å². The van der Waals surface area contributed by atoms with Crippen molar-refractivity contribution in [3.63, 3.8) is 0 Å². The smallest absolute Gasteiger partial charge is 0.405 e. The maximum absolute atomic E-state index is 12.4. The molecule has 1 aromatic rings. The van der Waals surface area contributed by atoms with Crippen molar-refractivity contribution in [2.24, 2.45) is 0 Å². The van der Waals surface area contributed by atoms with Gasteiger partial charge in [-0.15, -0.1) is 0 Å². The van der Waals surface area contributed by atoms with Gasteiger partial charge in [0.2, 0.25) is 0 Å². The highest BCUT2D eigenvalue weighted by atomic mass is 19.4. The first-order valence-electron chi connectivity index (χ1n) is 5.94. The Bertz CT molecular complexity index is 507. The van der Waals surface area contributed by atoms with Gasteiger partial charge in [0.15, 0.2) is 0 Å². The third kappa shape index (κ3) is 4.40. The van der Waals surface area contributed by atoms with Gasteiger partial charge in [-0.2, -0.15) is 13.2 Å². The summed E-state index contributed by atoms with van der Waals surface area (Å²) >= 11 is 0. The molecule has 0 aliphatic rings. The molecular weight excluding hydrogens is 273 g/mol. The molecule has 112 valence electrons. The summed E-state index contributed by atoms with van der Waals surface area (Å²) in [5, 5.41) is 9.05. The Balaban J connectivity index is 3.26. The van der Waals surface area contributed by atoms with Crippen LogP contribution in [0.25, 0.3) is 0 Å². The van der Waals surface area contributed by atoms with Crippen LogP contribution < -0.4 is 4.90 Å². The molecular formula is C13H17F3N2O2. The summed E-state index contributed by atoms with van der Waals surface area (Å²) in [4.78, 5) is 16.1. The van der Waals surface area contributed by atoms with Gasteiger partial charge in [0, 0.05) is 18.2 Å². The minimum absolute atomic E-state index is 0.00727. The SMILES string of the molecule is CN(CC(F)(F)F)c1cc(C(=O)O)cc(C(C)(C)C)n1. The fourth-order valence-corrected chi connectivity index (χ4v) is 1.57. The number of carbonyl (C=O) groups is 1. The molecule has 0 radical (unpaired) electrons. The van der Waals surface area contributed by atoms with E-state index in [1.165, 1.54) is 13.1 Å². The minimum atomic E-state index is -4.38. The maximum atomic E-state index is 12.4. The van der Waals surface area contributed by atoms with Crippen molar-refractivity contribution in [2.75, 3.05) is 18.5 Å². The highest BCUT2D eigenvalue weighted by Gasteiger charge is 2.30. The first-order chi connectivity index (χ1) is 8.90. The number of nitrogens with zero attached hydrogens (tertiary/aromatic N) is 2. The zero-order valence-electron chi connectivity index (χ0n) is 11.7. The molecule has 4 nitrogen and oxygen atoms in total. The van der Waals surface area contributed by atoms with Crippen LogP contribution in [0.3, 0.4) is 0 Å². The van der Waals surface area contributed by atoms with Crippen LogP contribution in [-0.2, 0) is 5.41 Å². The topological polar surface area (TPSA) is 53.4 Å². The number of aromatic nitrogens is 1. The molecule has 1 heterocycles. The van der Waals surface area contributed by atoms with E-state index in [0.29, 0.717) is 5.69 Å². The van der Waals surface area contributed by atoms with Crippen molar-refractivity contribution < 1.29 is 23.1 Å². The fraction of sp³-hybridized carbons (Fsp3) is 0.538. The van der Waals surface area contributed by atoms with E-state index in [0.717, 1.165) is 11.0 Å². The van der Waals surface area contributed by atoms with Crippen LogP contribution in [0.4, 0.5) is 19.0 Å². The predicted octanol–water partition coefficient (Wildman–Crippen LogP) is 3.08. The van der Waals surface area contributed by atoms with E-state index >= 15 is 0 Å². The number of carboxylic acids is 1. The summed E-state index contributed by atoms with van der Waals surface area (Å²) in [5.41, 5.74) is -0.102. The first kappa shape index (κ1) is 16.3. The summed E-state index contributed by atoms with van der Waals surface area (Å²) in [6, 6.07) is 2.52. The molecule has 0 saturated carbocycles. The van der Waals surface area contributed by atoms with Crippen molar-refractivity contribution in [3.05, 3.63) is 23.4 Å². The molecule has 0 spiro atoms. The largest absolute Gasteiger partial charge is 0.478 e. The predicted molar refractivity (Wildman–Crippen MR) is 69.2 cm³/mol. The van der Waals surface area contributed by atoms with Gasteiger partial charge in [-0.3, -0.25) is 0 Å². The number of carboxylic acid groups (broad SMARTS) is 1. The molecule has 7 heteroatoms. The van der Waals surface area contributed by atoms with E-state index in [1.807, 2.05) is 20.8 Å². The van der Waals surface area contributed by atoms with Crippen LogP contribution in [0.15, 0.2) is 12.1 Å². The van der Waals surface area contributed by atoms with E-state index < -0.39 is 24.1 Å². The number of pyridine rings is 1. The number of hydrogen-bond acceptors (Lipinski definition) is 3. The molecule has 0 bridgehead atoms. The molecule has 0 aliphatic carbocycles. The molecule has 0 fully saturated rings. The van der Waals surface area contributed by atoms with Gasteiger partial charge in [0.05, 0.1) is 5.56 Å². The highest BCUT2D eigenvalue weighted by Crippen LogP contribution is 2.26. The molecule has 0 atom stereocenters. The Morgan fingerprint density at radius 1 is 1.30 bits per heavy atom. The van der Waals surface area contributed by atoms with Crippen LogP contribution in [0.5, 0.6) is 0 Å². The van der Waals surface area contributed by atoms with Crippen LogP contribution >= 0.6 is 0 Å². The first-order valence-corrected chi connectivity index (χ1v) is 5.94. The van der Waals surface area contributed by atoms with Gasteiger partial charge in [-0.25, -0.2) is 9.78 Å². The van der Waals surface area contributed by atoms with Gasteiger partial charge in [-0.05, 0) is 12.1 Å². The van der Waals surface area contributed by atoms with Crippen LogP contribution in [0, 0.1) is 0 Å². The van der Waals surface area contributed by atoms with Crippen molar-refractivity contribution in [2.45, 2.75) is 32.4 Å². The molecule has 1 aromatic heterocycles. The van der Waals surface area contributed by atoms with E-state index in [2.05, 4.69) is 4.98 Å².